The number of thiocarbonyl (C=S) groups is 1. The van der Waals surface area contributed by atoms with Crippen LogP contribution in [-0.2, 0) is 11.2 Å². The summed E-state index contributed by atoms with van der Waals surface area (Å²) in [4.78, 5) is 11.9. The maximum absolute atomic E-state index is 11.9. The fraction of sp³-hybridized carbons (Fsp3) is 0.263. The van der Waals surface area contributed by atoms with Gasteiger partial charge in [-0.3, -0.25) is 0 Å². The Balaban J connectivity index is 1.82. The van der Waals surface area contributed by atoms with E-state index in [1.165, 1.54) is 5.56 Å². The highest BCUT2D eigenvalue weighted by Gasteiger charge is 2.12. The van der Waals surface area contributed by atoms with Gasteiger partial charge in [-0.1, -0.05) is 41.9 Å². The van der Waals surface area contributed by atoms with Gasteiger partial charge in [-0.25, -0.2) is 4.79 Å². The molecular weight excluding hydrogens is 356 g/mol. The van der Waals surface area contributed by atoms with Crippen LogP contribution in [0.1, 0.15) is 29.3 Å². The summed E-state index contributed by atoms with van der Waals surface area (Å²) in [5.74, 6) is -0.446. The van der Waals surface area contributed by atoms with Gasteiger partial charge in [-0.15, -0.1) is 0 Å². The Hall–Kier alpha value is -2.11. The highest BCUT2D eigenvalue weighted by molar-refractivity contribution is 7.80. The molecule has 0 atom stereocenters. The van der Waals surface area contributed by atoms with E-state index in [1.807, 2.05) is 18.2 Å². The molecule has 0 amide bonds. The van der Waals surface area contributed by atoms with Crippen LogP contribution in [0.25, 0.3) is 0 Å². The van der Waals surface area contributed by atoms with Crippen LogP contribution in [0, 0.1) is 0 Å². The SMILES string of the molecule is CCOC(=O)c1cc(NC(=S)NCCCc2ccccc2)ccc1Cl. The summed E-state index contributed by atoms with van der Waals surface area (Å²) >= 11 is 11.3. The smallest absolute Gasteiger partial charge is 0.339 e. The molecule has 2 N–H and O–H groups in total. The zero-order chi connectivity index (χ0) is 18.1. The number of halogens is 1. The molecule has 2 aromatic carbocycles. The molecule has 0 aromatic heterocycles. The normalized spacial score (nSPS) is 10.2. The molecule has 0 aliphatic rings. The van der Waals surface area contributed by atoms with Crippen molar-refractivity contribution in [1.29, 1.82) is 0 Å². The van der Waals surface area contributed by atoms with E-state index >= 15 is 0 Å². The second kappa shape index (κ2) is 10.0. The fourth-order valence-corrected chi connectivity index (χ4v) is 2.70. The molecule has 2 aromatic rings. The Morgan fingerprint density at radius 1 is 1.20 bits per heavy atom. The van der Waals surface area contributed by atoms with Gasteiger partial charge < -0.3 is 15.4 Å². The van der Waals surface area contributed by atoms with Crippen molar-refractivity contribution >= 4 is 40.6 Å². The minimum absolute atomic E-state index is 0.300. The lowest BCUT2D eigenvalue weighted by molar-refractivity contribution is 0.0526. The van der Waals surface area contributed by atoms with E-state index < -0.39 is 5.97 Å². The Bertz CT molecular complexity index is 723. The number of carbonyl (C=O) groups is 1. The van der Waals surface area contributed by atoms with Crippen molar-refractivity contribution in [2.45, 2.75) is 19.8 Å². The van der Waals surface area contributed by atoms with Crippen molar-refractivity contribution in [3.8, 4) is 0 Å². The number of aryl methyl sites for hydroxylation is 1. The van der Waals surface area contributed by atoms with Crippen LogP contribution in [0.5, 0.6) is 0 Å². The third-order valence-corrected chi connectivity index (χ3v) is 4.07. The number of nitrogens with one attached hydrogen (secondary N) is 2. The Labute approximate surface area is 158 Å². The minimum Gasteiger partial charge on any atom is -0.462 e. The van der Waals surface area contributed by atoms with Gasteiger partial charge in [0.25, 0.3) is 0 Å². The zero-order valence-corrected chi connectivity index (χ0v) is 15.6. The van der Waals surface area contributed by atoms with E-state index in [4.69, 9.17) is 28.6 Å². The molecular formula is C19H21ClN2O2S. The molecule has 25 heavy (non-hydrogen) atoms. The molecule has 0 unspecified atom stereocenters. The molecule has 4 nitrogen and oxygen atoms in total. The van der Waals surface area contributed by atoms with Gasteiger partial charge in [0.05, 0.1) is 17.2 Å². The van der Waals surface area contributed by atoms with Crippen molar-refractivity contribution in [2.24, 2.45) is 0 Å². The van der Waals surface area contributed by atoms with Gasteiger partial charge in [0.15, 0.2) is 5.11 Å². The molecule has 0 saturated heterocycles. The van der Waals surface area contributed by atoms with E-state index in [0.717, 1.165) is 19.4 Å². The number of rotatable bonds is 7. The molecule has 0 radical (unpaired) electrons. The van der Waals surface area contributed by atoms with Crippen LogP contribution in [0.4, 0.5) is 5.69 Å². The number of hydrogen-bond acceptors (Lipinski definition) is 3. The minimum atomic E-state index is -0.446. The van der Waals surface area contributed by atoms with E-state index in [-0.39, 0.29) is 0 Å². The summed E-state index contributed by atoms with van der Waals surface area (Å²) in [5.41, 5.74) is 2.31. The van der Waals surface area contributed by atoms with Crippen molar-refractivity contribution in [1.82, 2.24) is 5.32 Å². The second-order valence-electron chi connectivity index (χ2n) is 5.39. The zero-order valence-electron chi connectivity index (χ0n) is 14.0. The first-order chi connectivity index (χ1) is 12.1. The topological polar surface area (TPSA) is 50.4 Å². The van der Waals surface area contributed by atoms with Gasteiger partial charge in [0.2, 0.25) is 0 Å². The molecule has 0 fully saturated rings. The molecule has 0 heterocycles. The van der Waals surface area contributed by atoms with Crippen molar-refractivity contribution in [3.05, 3.63) is 64.7 Å². The predicted octanol–water partition coefficient (Wildman–Crippen LogP) is 4.44. The summed E-state index contributed by atoms with van der Waals surface area (Å²) in [6, 6.07) is 15.4. The lowest BCUT2D eigenvalue weighted by Crippen LogP contribution is -2.29. The number of benzene rings is 2. The quantitative estimate of drug-likeness (QED) is 0.425. The van der Waals surface area contributed by atoms with E-state index in [1.54, 1.807) is 25.1 Å². The van der Waals surface area contributed by atoms with Gasteiger partial charge >= 0.3 is 5.97 Å². The monoisotopic (exact) mass is 376 g/mol. The van der Waals surface area contributed by atoms with Crippen molar-refractivity contribution in [2.75, 3.05) is 18.5 Å². The highest BCUT2D eigenvalue weighted by Crippen LogP contribution is 2.21. The maximum Gasteiger partial charge on any atom is 0.339 e. The molecule has 0 aliphatic heterocycles. The van der Waals surface area contributed by atoms with Gasteiger partial charge in [-0.2, -0.15) is 0 Å². The lowest BCUT2D eigenvalue weighted by Gasteiger charge is -2.12. The summed E-state index contributed by atoms with van der Waals surface area (Å²) < 4.78 is 4.99. The first kappa shape index (κ1) is 19.2. The standard InChI is InChI=1S/C19H21ClN2O2S/c1-2-24-18(23)16-13-15(10-11-17(16)20)22-19(25)21-12-6-9-14-7-4-3-5-8-14/h3-5,7-8,10-11,13H,2,6,9,12H2,1H3,(H2,21,22,25). The number of carbonyl (C=O) groups excluding carboxylic acids is 1. The first-order valence-corrected chi connectivity index (χ1v) is 8.94. The largest absolute Gasteiger partial charge is 0.462 e. The molecule has 0 saturated carbocycles. The van der Waals surface area contributed by atoms with Crippen molar-refractivity contribution in [3.63, 3.8) is 0 Å². The van der Waals surface area contributed by atoms with Crippen LogP contribution in [-0.4, -0.2) is 24.2 Å². The fourth-order valence-electron chi connectivity index (χ4n) is 2.28. The molecule has 0 bridgehead atoms. The van der Waals surface area contributed by atoms with Crippen LogP contribution < -0.4 is 10.6 Å². The summed E-state index contributed by atoms with van der Waals surface area (Å²) in [6.45, 7) is 2.82. The van der Waals surface area contributed by atoms with Gasteiger partial charge in [0, 0.05) is 12.2 Å². The summed E-state index contributed by atoms with van der Waals surface area (Å²) in [5, 5.41) is 7.08. The molecule has 0 spiro atoms. The lowest BCUT2D eigenvalue weighted by atomic mass is 10.1. The molecule has 132 valence electrons. The number of anilines is 1. The van der Waals surface area contributed by atoms with Crippen LogP contribution in [0.2, 0.25) is 5.02 Å². The first-order valence-electron chi connectivity index (χ1n) is 8.15. The van der Waals surface area contributed by atoms with Crippen LogP contribution >= 0.6 is 23.8 Å². The number of ether oxygens (including phenoxy) is 1. The van der Waals surface area contributed by atoms with E-state index in [9.17, 15) is 4.79 Å². The molecule has 6 heteroatoms. The number of esters is 1. The average molecular weight is 377 g/mol. The summed E-state index contributed by atoms with van der Waals surface area (Å²) in [6.07, 6.45) is 1.96. The second-order valence-corrected chi connectivity index (χ2v) is 6.20. The third-order valence-electron chi connectivity index (χ3n) is 3.49. The third kappa shape index (κ3) is 6.36. The average Bonchev–Trinajstić information content (AvgIpc) is 2.61. The van der Waals surface area contributed by atoms with Crippen LogP contribution in [0.15, 0.2) is 48.5 Å². The maximum atomic E-state index is 11.9. The Kier molecular flexibility index (Phi) is 7.70. The predicted molar refractivity (Wildman–Crippen MR) is 106 cm³/mol. The molecule has 2 rings (SSSR count). The van der Waals surface area contributed by atoms with Gasteiger partial charge in [0.1, 0.15) is 0 Å². The Morgan fingerprint density at radius 2 is 1.96 bits per heavy atom. The Morgan fingerprint density at radius 3 is 2.68 bits per heavy atom. The molecule has 0 aliphatic carbocycles. The van der Waals surface area contributed by atoms with Crippen molar-refractivity contribution < 1.29 is 9.53 Å². The number of hydrogen-bond donors (Lipinski definition) is 2. The highest BCUT2D eigenvalue weighted by atomic mass is 35.5. The van der Waals surface area contributed by atoms with E-state index in [0.29, 0.717) is 28.0 Å². The van der Waals surface area contributed by atoms with Gasteiger partial charge in [-0.05, 0) is 55.7 Å². The summed E-state index contributed by atoms with van der Waals surface area (Å²) in [7, 11) is 0. The van der Waals surface area contributed by atoms with Crippen LogP contribution in [0.3, 0.4) is 0 Å². The van der Waals surface area contributed by atoms with E-state index in [2.05, 4.69) is 22.8 Å².